The van der Waals surface area contributed by atoms with Crippen molar-refractivity contribution in [2.24, 2.45) is 0 Å². The van der Waals surface area contributed by atoms with Crippen LogP contribution in [-0.4, -0.2) is 12.1 Å². The Morgan fingerprint density at radius 1 is 1.11 bits per heavy atom. The zero-order chi connectivity index (χ0) is 13.5. The number of hydrogen-bond acceptors (Lipinski definition) is 2. The minimum atomic E-state index is 0.151. The topological polar surface area (TPSA) is 22.1 Å². The average molecular weight is 255 g/mol. The zero-order valence-electron chi connectivity index (χ0n) is 11.7. The van der Waals surface area contributed by atoms with E-state index in [1.807, 2.05) is 24.4 Å². The summed E-state index contributed by atoms with van der Waals surface area (Å²) in [6, 6.07) is 14.4. The summed E-state index contributed by atoms with van der Waals surface area (Å²) < 4.78 is 5.67. The van der Waals surface area contributed by atoms with E-state index in [0.29, 0.717) is 0 Å². The van der Waals surface area contributed by atoms with Crippen LogP contribution in [-0.2, 0) is 4.74 Å². The lowest BCUT2D eigenvalue weighted by atomic mass is 9.96. The van der Waals surface area contributed by atoms with Gasteiger partial charge in [-0.05, 0) is 24.1 Å². The van der Waals surface area contributed by atoms with Gasteiger partial charge in [0, 0.05) is 18.9 Å². The summed E-state index contributed by atoms with van der Waals surface area (Å²) in [4.78, 5) is 4.45. The largest absolute Gasteiger partial charge is 0.377 e. The fourth-order valence-corrected chi connectivity index (χ4v) is 2.32. The fraction of sp³-hybridized carbons (Fsp3) is 0.353. The van der Waals surface area contributed by atoms with Crippen molar-refractivity contribution in [3.05, 3.63) is 54.2 Å². The van der Waals surface area contributed by atoms with Crippen molar-refractivity contribution in [3.63, 3.8) is 0 Å². The number of methoxy groups -OCH3 is 1. The summed E-state index contributed by atoms with van der Waals surface area (Å²) in [6.07, 6.45) is 5.40. The van der Waals surface area contributed by atoms with Crippen LogP contribution in [0.5, 0.6) is 0 Å². The molecule has 2 nitrogen and oxygen atoms in total. The number of nitrogens with zero attached hydrogens (tertiary/aromatic N) is 1. The van der Waals surface area contributed by atoms with Crippen molar-refractivity contribution in [2.75, 3.05) is 7.11 Å². The summed E-state index contributed by atoms with van der Waals surface area (Å²) in [5.74, 6) is 0. The number of pyridine rings is 1. The maximum Gasteiger partial charge on any atom is 0.0827 e. The molecule has 19 heavy (non-hydrogen) atoms. The number of aromatic nitrogens is 1. The van der Waals surface area contributed by atoms with Gasteiger partial charge in [0.05, 0.1) is 11.8 Å². The SMILES string of the molecule is CCCC[C@@H](OC)c1ccccc1-c1ccccn1. The predicted octanol–water partition coefficient (Wildman–Crippen LogP) is 4.63. The van der Waals surface area contributed by atoms with Gasteiger partial charge in [0.25, 0.3) is 0 Å². The van der Waals surface area contributed by atoms with E-state index in [1.165, 1.54) is 24.0 Å². The van der Waals surface area contributed by atoms with Crippen LogP contribution in [0.2, 0.25) is 0 Å². The Balaban J connectivity index is 2.35. The summed E-state index contributed by atoms with van der Waals surface area (Å²) in [5.41, 5.74) is 3.42. The Morgan fingerprint density at radius 2 is 1.89 bits per heavy atom. The molecule has 0 unspecified atom stereocenters. The molecule has 2 aromatic rings. The first-order valence-electron chi connectivity index (χ1n) is 6.90. The molecule has 1 aromatic heterocycles. The van der Waals surface area contributed by atoms with Gasteiger partial charge < -0.3 is 4.74 Å². The van der Waals surface area contributed by atoms with Crippen molar-refractivity contribution >= 4 is 0 Å². The van der Waals surface area contributed by atoms with Crippen LogP contribution in [0.1, 0.15) is 37.9 Å². The predicted molar refractivity (Wildman–Crippen MR) is 78.9 cm³/mol. The lowest BCUT2D eigenvalue weighted by molar-refractivity contribution is 0.0940. The summed E-state index contributed by atoms with van der Waals surface area (Å²) >= 11 is 0. The standard InChI is InChI=1S/C17H21NO/c1-3-4-12-17(19-2)15-10-6-5-9-14(15)16-11-7-8-13-18-16/h5-11,13,17H,3-4,12H2,1-2H3/t17-/m1/s1. The molecule has 0 aliphatic heterocycles. The average Bonchev–Trinajstić information content (AvgIpc) is 2.49. The molecule has 0 radical (unpaired) electrons. The van der Waals surface area contributed by atoms with Crippen LogP contribution in [0.3, 0.4) is 0 Å². The van der Waals surface area contributed by atoms with Gasteiger partial charge in [0.15, 0.2) is 0 Å². The molecule has 1 heterocycles. The van der Waals surface area contributed by atoms with E-state index in [9.17, 15) is 0 Å². The van der Waals surface area contributed by atoms with E-state index in [-0.39, 0.29) is 6.10 Å². The third-order valence-electron chi connectivity index (χ3n) is 3.35. The second-order valence-corrected chi connectivity index (χ2v) is 4.67. The van der Waals surface area contributed by atoms with Gasteiger partial charge in [-0.1, -0.05) is 50.1 Å². The van der Waals surface area contributed by atoms with Crippen LogP contribution >= 0.6 is 0 Å². The van der Waals surface area contributed by atoms with Gasteiger partial charge >= 0.3 is 0 Å². The van der Waals surface area contributed by atoms with E-state index in [0.717, 1.165) is 12.1 Å². The smallest absolute Gasteiger partial charge is 0.0827 e. The molecule has 100 valence electrons. The van der Waals surface area contributed by atoms with Gasteiger partial charge in [-0.2, -0.15) is 0 Å². The monoisotopic (exact) mass is 255 g/mol. The molecule has 0 bridgehead atoms. The van der Waals surface area contributed by atoms with Crippen LogP contribution in [0.15, 0.2) is 48.7 Å². The number of benzene rings is 1. The molecular weight excluding hydrogens is 234 g/mol. The molecule has 0 saturated carbocycles. The normalized spacial score (nSPS) is 12.3. The molecule has 0 fully saturated rings. The van der Waals surface area contributed by atoms with Crippen molar-refractivity contribution in [1.82, 2.24) is 4.98 Å². The highest BCUT2D eigenvalue weighted by atomic mass is 16.5. The minimum Gasteiger partial charge on any atom is -0.377 e. The van der Waals surface area contributed by atoms with Gasteiger partial charge in [-0.3, -0.25) is 4.98 Å². The molecule has 0 amide bonds. The number of ether oxygens (including phenoxy) is 1. The highest BCUT2D eigenvalue weighted by Crippen LogP contribution is 2.31. The third kappa shape index (κ3) is 3.42. The molecular formula is C17H21NO. The molecule has 1 atom stereocenters. The van der Waals surface area contributed by atoms with Gasteiger partial charge in [0.1, 0.15) is 0 Å². The first-order chi connectivity index (χ1) is 9.36. The molecule has 0 aliphatic carbocycles. The summed E-state index contributed by atoms with van der Waals surface area (Å²) in [7, 11) is 1.79. The molecule has 2 heteroatoms. The van der Waals surface area contributed by atoms with E-state index in [4.69, 9.17) is 4.74 Å². The molecule has 0 N–H and O–H groups in total. The van der Waals surface area contributed by atoms with Gasteiger partial charge in [-0.25, -0.2) is 0 Å². The first-order valence-corrected chi connectivity index (χ1v) is 6.90. The van der Waals surface area contributed by atoms with Crippen LogP contribution in [0, 0.1) is 0 Å². The molecule has 0 aliphatic rings. The summed E-state index contributed by atoms with van der Waals surface area (Å²) in [5, 5.41) is 0. The Hall–Kier alpha value is -1.67. The van der Waals surface area contributed by atoms with Gasteiger partial charge in [-0.15, -0.1) is 0 Å². The molecule has 2 rings (SSSR count). The second kappa shape index (κ2) is 7.05. The number of unbranched alkanes of at least 4 members (excludes halogenated alkanes) is 1. The van der Waals surface area contributed by atoms with E-state index < -0.39 is 0 Å². The lowest BCUT2D eigenvalue weighted by Gasteiger charge is -2.18. The lowest BCUT2D eigenvalue weighted by Crippen LogP contribution is -2.04. The maximum atomic E-state index is 5.67. The van der Waals surface area contributed by atoms with Gasteiger partial charge in [0.2, 0.25) is 0 Å². The van der Waals surface area contributed by atoms with Crippen molar-refractivity contribution < 1.29 is 4.74 Å². The van der Waals surface area contributed by atoms with Crippen LogP contribution in [0.4, 0.5) is 0 Å². The maximum absolute atomic E-state index is 5.67. The Bertz CT molecular complexity index is 496. The second-order valence-electron chi connectivity index (χ2n) is 4.67. The minimum absolute atomic E-state index is 0.151. The van der Waals surface area contributed by atoms with Crippen LogP contribution in [0.25, 0.3) is 11.3 Å². The molecule has 1 aromatic carbocycles. The van der Waals surface area contributed by atoms with Crippen LogP contribution < -0.4 is 0 Å². The Kier molecular flexibility index (Phi) is 5.10. The van der Waals surface area contributed by atoms with Crippen molar-refractivity contribution in [3.8, 4) is 11.3 Å². The number of rotatable bonds is 6. The van der Waals surface area contributed by atoms with Crippen molar-refractivity contribution in [2.45, 2.75) is 32.3 Å². The van der Waals surface area contributed by atoms with E-state index >= 15 is 0 Å². The molecule has 0 saturated heterocycles. The highest BCUT2D eigenvalue weighted by Gasteiger charge is 2.15. The van der Waals surface area contributed by atoms with Crippen molar-refractivity contribution in [1.29, 1.82) is 0 Å². The quantitative estimate of drug-likeness (QED) is 0.751. The first kappa shape index (κ1) is 13.8. The Morgan fingerprint density at radius 3 is 2.58 bits per heavy atom. The molecule has 0 spiro atoms. The summed E-state index contributed by atoms with van der Waals surface area (Å²) in [6.45, 7) is 2.21. The Labute approximate surface area is 115 Å². The van der Waals surface area contributed by atoms with E-state index in [1.54, 1.807) is 7.11 Å². The third-order valence-corrected chi connectivity index (χ3v) is 3.35. The number of hydrogen-bond donors (Lipinski definition) is 0. The van der Waals surface area contributed by atoms with E-state index in [2.05, 4.69) is 36.2 Å². The highest BCUT2D eigenvalue weighted by molar-refractivity contribution is 5.64. The zero-order valence-corrected chi connectivity index (χ0v) is 11.7. The fourth-order valence-electron chi connectivity index (χ4n) is 2.32.